The Bertz CT molecular complexity index is 986. The van der Waals surface area contributed by atoms with Crippen LogP contribution >= 0.6 is 11.8 Å². The summed E-state index contributed by atoms with van der Waals surface area (Å²) < 4.78 is 27.0. The van der Waals surface area contributed by atoms with E-state index in [-0.39, 0.29) is 16.1 Å². The first-order valence-corrected chi connectivity index (χ1v) is 12.3. The summed E-state index contributed by atoms with van der Waals surface area (Å²) in [5.74, 6) is 0.0479. The fourth-order valence-electron chi connectivity index (χ4n) is 3.86. The van der Waals surface area contributed by atoms with Crippen LogP contribution in [0, 0.1) is 0 Å². The molecule has 1 aromatic carbocycles. The number of rotatable bonds is 5. The van der Waals surface area contributed by atoms with E-state index in [1.165, 1.54) is 27.8 Å². The van der Waals surface area contributed by atoms with Gasteiger partial charge in [-0.15, -0.1) is 0 Å². The second-order valence-electron chi connectivity index (χ2n) is 7.43. The smallest absolute Gasteiger partial charge is 0.244 e. The second-order valence-corrected chi connectivity index (χ2v) is 10.7. The van der Waals surface area contributed by atoms with Gasteiger partial charge in [0.05, 0.1) is 10.3 Å². The molecule has 1 saturated heterocycles. The lowest BCUT2D eigenvalue weighted by Gasteiger charge is -2.25. The van der Waals surface area contributed by atoms with E-state index >= 15 is 0 Å². The first-order valence-electron chi connectivity index (χ1n) is 9.99. The normalized spacial score (nSPS) is 18.4. The number of hydrogen-bond acceptors (Lipinski definition) is 5. The number of thioether (sulfide) groups is 1. The molecular formula is C21H25N3O3S2. The first-order chi connectivity index (χ1) is 14.0. The number of sulfonamides is 1. The predicted octanol–water partition coefficient (Wildman–Crippen LogP) is 3.33. The number of pyridine rings is 1. The van der Waals surface area contributed by atoms with Crippen LogP contribution in [0.2, 0.25) is 0 Å². The van der Waals surface area contributed by atoms with Crippen LogP contribution in [-0.4, -0.2) is 48.5 Å². The van der Waals surface area contributed by atoms with Crippen molar-refractivity contribution in [1.82, 2.24) is 9.29 Å². The van der Waals surface area contributed by atoms with Crippen LogP contribution in [-0.2, 0) is 21.2 Å². The zero-order valence-electron chi connectivity index (χ0n) is 16.5. The molecule has 8 heteroatoms. The number of carbonyl (C=O) groups is 1. The standard InChI is InChI=1S/C21H25N3O3S2/c1-16(21(25)24-14-11-17-7-3-4-8-19(17)24)28-20-10-9-18(15-22-20)29(26,27)23-12-5-2-6-13-23/h3-4,7-10,15-16H,2,5-6,11-14H2,1H3. The first kappa shape index (κ1) is 20.4. The topological polar surface area (TPSA) is 70.6 Å². The highest BCUT2D eigenvalue weighted by molar-refractivity contribution is 8.00. The lowest BCUT2D eigenvalue weighted by molar-refractivity contribution is -0.117. The van der Waals surface area contributed by atoms with Gasteiger partial charge >= 0.3 is 0 Å². The van der Waals surface area contributed by atoms with Crippen molar-refractivity contribution in [3.05, 3.63) is 48.2 Å². The minimum atomic E-state index is -3.48. The molecule has 0 aliphatic carbocycles. The highest BCUT2D eigenvalue weighted by Crippen LogP contribution is 2.31. The molecule has 2 aliphatic rings. The van der Waals surface area contributed by atoms with Crippen molar-refractivity contribution in [2.45, 2.75) is 47.8 Å². The summed E-state index contributed by atoms with van der Waals surface area (Å²) in [4.78, 5) is 19.3. The van der Waals surface area contributed by atoms with E-state index in [9.17, 15) is 13.2 Å². The van der Waals surface area contributed by atoms with Crippen LogP contribution < -0.4 is 4.90 Å². The fourth-order valence-corrected chi connectivity index (χ4v) is 6.17. The molecule has 154 valence electrons. The summed E-state index contributed by atoms with van der Waals surface area (Å²) in [5.41, 5.74) is 2.18. The minimum Gasteiger partial charge on any atom is -0.311 e. The SMILES string of the molecule is CC(Sc1ccc(S(=O)(=O)N2CCCCC2)cn1)C(=O)N1CCc2ccccc21. The maximum Gasteiger partial charge on any atom is 0.244 e. The maximum absolute atomic E-state index is 12.9. The molecule has 0 spiro atoms. The molecule has 0 bridgehead atoms. The van der Waals surface area contributed by atoms with E-state index in [0.29, 0.717) is 24.7 Å². The third-order valence-electron chi connectivity index (χ3n) is 5.46. The van der Waals surface area contributed by atoms with Crippen molar-refractivity contribution in [2.24, 2.45) is 0 Å². The van der Waals surface area contributed by atoms with Gasteiger partial charge in [-0.05, 0) is 49.9 Å². The van der Waals surface area contributed by atoms with Gasteiger partial charge in [0.1, 0.15) is 4.90 Å². The summed E-state index contributed by atoms with van der Waals surface area (Å²) in [7, 11) is -3.48. The second kappa shape index (κ2) is 8.45. The number of benzene rings is 1. The zero-order valence-corrected chi connectivity index (χ0v) is 18.1. The molecule has 0 radical (unpaired) electrons. The van der Waals surface area contributed by atoms with E-state index in [4.69, 9.17) is 0 Å². The number of carbonyl (C=O) groups excluding carboxylic acids is 1. The van der Waals surface area contributed by atoms with E-state index < -0.39 is 10.0 Å². The molecule has 4 rings (SSSR count). The minimum absolute atomic E-state index is 0.0479. The van der Waals surface area contributed by atoms with Crippen molar-refractivity contribution in [1.29, 1.82) is 0 Å². The van der Waals surface area contributed by atoms with Crippen molar-refractivity contribution >= 4 is 33.4 Å². The molecule has 1 amide bonds. The summed E-state index contributed by atoms with van der Waals surface area (Å²) in [6.45, 7) is 3.71. The van der Waals surface area contributed by atoms with E-state index in [1.807, 2.05) is 30.0 Å². The molecule has 2 aromatic rings. The molecule has 1 atom stereocenters. The van der Waals surface area contributed by atoms with Crippen molar-refractivity contribution < 1.29 is 13.2 Å². The van der Waals surface area contributed by atoms with E-state index in [1.54, 1.807) is 12.1 Å². The highest BCUT2D eigenvalue weighted by Gasteiger charge is 2.29. The molecule has 6 nitrogen and oxygen atoms in total. The molecule has 1 fully saturated rings. The largest absolute Gasteiger partial charge is 0.311 e. The molecule has 2 aliphatic heterocycles. The van der Waals surface area contributed by atoms with Crippen LogP contribution in [0.4, 0.5) is 5.69 Å². The summed E-state index contributed by atoms with van der Waals surface area (Å²) in [6.07, 6.45) is 5.17. The Morgan fingerprint density at radius 1 is 1.07 bits per heavy atom. The van der Waals surface area contributed by atoms with Gasteiger partial charge in [-0.25, -0.2) is 13.4 Å². The predicted molar refractivity (Wildman–Crippen MR) is 115 cm³/mol. The lowest BCUT2D eigenvalue weighted by Crippen LogP contribution is -2.35. The fraction of sp³-hybridized carbons (Fsp3) is 0.429. The molecule has 1 aromatic heterocycles. The van der Waals surface area contributed by atoms with Crippen LogP contribution in [0.5, 0.6) is 0 Å². The summed E-state index contributed by atoms with van der Waals surface area (Å²) in [6, 6.07) is 11.3. The number of amides is 1. The average Bonchev–Trinajstić information content (AvgIpc) is 3.18. The third kappa shape index (κ3) is 4.20. The van der Waals surface area contributed by atoms with Crippen molar-refractivity contribution in [3.8, 4) is 0 Å². The number of nitrogens with zero attached hydrogens (tertiary/aromatic N) is 3. The summed E-state index contributed by atoms with van der Waals surface area (Å²) >= 11 is 1.36. The van der Waals surface area contributed by atoms with Crippen molar-refractivity contribution in [2.75, 3.05) is 24.5 Å². The van der Waals surface area contributed by atoms with E-state index in [2.05, 4.69) is 11.1 Å². The number of anilines is 1. The number of hydrogen-bond donors (Lipinski definition) is 0. The van der Waals surface area contributed by atoms with Gasteiger partial charge in [-0.3, -0.25) is 4.79 Å². The summed E-state index contributed by atoms with van der Waals surface area (Å²) in [5, 5.41) is 0.342. The quantitative estimate of drug-likeness (QED) is 0.679. The Morgan fingerprint density at radius 2 is 1.83 bits per heavy atom. The molecule has 0 N–H and O–H groups in total. The Hall–Kier alpha value is -1.90. The molecule has 0 saturated carbocycles. The Kier molecular flexibility index (Phi) is 5.94. The van der Waals surface area contributed by atoms with Crippen LogP contribution in [0.25, 0.3) is 0 Å². The average molecular weight is 432 g/mol. The van der Waals surface area contributed by atoms with Gasteiger partial charge < -0.3 is 4.90 Å². The van der Waals surface area contributed by atoms with Crippen LogP contribution in [0.3, 0.4) is 0 Å². The van der Waals surface area contributed by atoms with Crippen LogP contribution in [0.15, 0.2) is 52.5 Å². The Balaban J connectivity index is 1.43. The molecule has 1 unspecified atom stereocenters. The van der Waals surface area contributed by atoms with Crippen molar-refractivity contribution in [3.63, 3.8) is 0 Å². The number of aromatic nitrogens is 1. The number of para-hydroxylation sites is 1. The monoisotopic (exact) mass is 431 g/mol. The van der Waals surface area contributed by atoms with Crippen LogP contribution in [0.1, 0.15) is 31.7 Å². The van der Waals surface area contributed by atoms with Gasteiger partial charge in [0.25, 0.3) is 0 Å². The number of piperidine rings is 1. The van der Waals surface area contributed by atoms with E-state index in [0.717, 1.165) is 31.4 Å². The van der Waals surface area contributed by atoms with Gasteiger partial charge in [-0.1, -0.05) is 36.4 Å². The highest BCUT2D eigenvalue weighted by atomic mass is 32.2. The molecule has 3 heterocycles. The lowest BCUT2D eigenvalue weighted by atomic mass is 10.2. The third-order valence-corrected chi connectivity index (χ3v) is 8.38. The molecule has 29 heavy (non-hydrogen) atoms. The van der Waals surface area contributed by atoms with Gasteiger partial charge in [0.15, 0.2) is 0 Å². The van der Waals surface area contributed by atoms with Gasteiger partial charge in [0.2, 0.25) is 15.9 Å². The zero-order chi connectivity index (χ0) is 20.4. The number of fused-ring (bicyclic) bond motifs is 1. The van der Waals surface area contributed by atoms with Gasteiger partial charge in [-0.2, -0.15) is 4.31 Å². The Labute approximate surface area is 176 Å². The maximum atomic E-state index is 12.9. The van der Waals surface area contributed by atoms with Gasteiger partial charge in [0, 0.05) is 31.5 Å². The molecular weight excluding hydrogens is 406 g/mol. The Morgan fingerprint density at radius 3 is 2.55 bits per heavy atom.